The van der Waals surface area contributed by atoms with Crippen LogP contribution in [0.2, 0.25) is 0 Å². The molecule has 1 aromatic carbocycles. The Morgan fingerprint density at radius 1 is 1.45 bits per heavy atom. The van der Waals surface area contributed by atoms with Crippen LogP contribution in [0.5, 0.6) is 5.75 Å². The van der Waals surface area contributed by atoms with Crippen LogP contribution in [0.15, 0.2) is 34.6 Å². The van der Waals surface area contributed by atoms with Crippen molar-refractivity contribution in [3.8, 4) is 5.75 Å². The Hall–Kier alpha value is -2.11. The Labute approximate surface area is 174 Å². The first-order chi connectivity index (χ1) is 13.9. The SMILES string of the molecule is COc1ccc(C)cc1S(=O)(=O)N1CCC[C@H](C(=O)NCCSc2ncn[nH]2)C1. The summed E-state index contributed by atoms with van der Waals surface area (Å²) in [6.45, 7) is 2.87. The summed E-state index contributed by atoms with van der Waals surface area (Å²) in [5, 5.41) is 10.1. The van der Waals surface area contributed by atoms with E-state index in [2.05, 4.69) is 20.5 Å². The molecule has 1 aromatic heterocycles. The summed E-state index contributed by atoms with van der Waals surface area (Å²) in [5.41, 5.74) is 0.833. The van der Waals surface area contributed by atoms with Gasteiger partial charge in [0.25, 0.3) is 0 Å². The normalized spacial score (nSPS) is 17.8. The second kappa shape index (κ2) is 9.59. The van der Waals surface area contributed by atoms with E-state index >= 15 is 0 Å². The molecule has 2 N–H and O–H groups in total. The van der Waals surface area contributed by atoms with E-state index in [1.807, 2.05) is 6.92 Å². The van der Waals surface area contributed by atoms with Gasteiger partial charge in [0.05, 0.1) is 13.0 Å². The van der Waals surface area contributed by atoms with Crippen molar-refractivity contribution in [2.75, 3.05) is 32.5 Å². The molecule has 9 nitrogen and oxygen atoms in total. The van der Waals surface area contributed by atoms with Gasteiger partial charge in [-0.3, -0.25) is 9.89 Å². The van der Waals surface area contributed by atoms with Crippen molar-refractivity contribution in [3.63, 3.8) is 0 Å². The maximum absolute atomic E-state index is 13.2. The fraction of sp³-hybridized carbons (Fsp3) is 0.500. The van der Waals surface area contributed by atoms with Crippen LogP contribution in [0.1, 0.15) is 18.4 Å². The van der Waals surface area contributed by atoms with Gasteiger partial charge in [0, 0.05) is 25.4 Å². The highest BCUT2D eigenvalue weighted by Gasteiger charge is 2.34. The van der Waals surface area contributed by atoms with Crippen LogP contribution >= 0.6 is 11.8 Å². The largest absolute Gasteiger partial charge is 0.495 e. The monoisotopic (exact) mass is 439 g/mol. The van der Waals surface area contributed by atoms with E-state index in [0.29, 0.717) is 42.6 Å². The highest BCUT2D eigenvalue weighted by molar-refractivity contribution is 7.99. The Balaban J connectivity index is 1.60. The zero-order valence-electron chi connectivity index (χ0n) is 16.4. The van der Waals surface area contributed by atoms with Gasteiger partial charge in [0.2, 0.25) is 15.9 Å². The number of sulfonamides is 1. The third-order valence-corrected chi connectivity index (χ3v) is 7.49. The number of hydrogen-bond donors (Lipinski definition) is 2. The Bertz CT molecular complexity index is 934. The van der Waals surface area contributed by atoms with Gasteiger partial charge in [-0.05, 0) is 37.5 Å². The lowest BCUT2D eigenvalue weighted by molar-refractivity contribution is -0.125. The first-order valence-corrected chi connectivity index (χ1v) is 11.7. The Morgan fingerprint density at radius 2 is 2.28 bits per heavy atom. The number of carbonyl (C=O) groups excluding carboxylic acids is 1. The van der Waals surface area contributed by atoms with Gasteiger partial charge in [-0.15, -0.1) is 0 Å². The van der Waals surface area contributed by atoms with Crippen LogP contribution in [-0.2, 0) is 14.8 Å². The molecule has 0 unspecified atom stereocenters. The standard InChI is InChI=1S/C18H25N5O4S2/c1-13-5-6-15(27-2)16(10-13)29(25,26)23-8-3-4-14(11-23)17(24)19-7-9-28-18-20-12-21-22-18/h5-6,10,12,14H,3-4,7-9,11H2,1-2H3,(H,19,24)(H,20,21,22)/t14-/m0/s1. The van der Waals surface area contributed by atoms with Crippen molar-refractivity contribution < 1.29 is 17.9 Å². The second-order valence-corrected chi connectivity index (χ2v) is 9.78. The van der Waals surface area contributed by atoms with Gasteiger partial charge in [-0.2, -0.15) is 9.40 Å². The van der Waals surface area contributed by atoms with Crippen molar-refractivity contribution in [1.82, 2.24) is 24.8 Å². The fourth-order valence-electron chi connectivity index (χ4n) is 3.23. The van der Waals surface area contributed by atoms with E-state index in [1.54, 1.807) is 18.2 Å². The molecular formula is C18H25N5O4S2. The number of nitrogens with one attached hydrogen (secondary N) is 2. The van der Waals surface area contributed by atoms with E-state index in [0.717, 1.165) is 5.56 Å². The number of aromatic amines is 1. The zero-order valence-corrected chi connectivity index (χ0v) is 18.1. The molecule has 158 valence electrons. The number of benzene rings is 1. The Kier molecular flexibility index (Phi) is 7.14. The molecule has 1 saturated heterocycles. The van der Waals surface area contributed by atoms with Crippen LogP contribution < -0.4 is 10.1 Å². The summed E-state index contributed by atoms with van der Waals surface area (Å²) in [7, 11) is -2.29. The number of thioether (sulfide) groups is 1. The molecule has 0 radical (unpaired) electrons. The van der Waals surface area contributed by atoms with Crippen molar-refractivity contribution in [3.05, 3.63) is 30.1 Å². The number of carbonyl (C=O) groups is 1. The third-order valence-electron chi connectivity index (χ3n) is 4.72. The summed E-state index contributed by atoms with van der Waals surface area (Å²) in [6, 6.07) is 5.07. The van der Waals surface area contributed by atoms with Crippen LogP contribution in [0.4, 0.5) is 0 Å². The fourth-order valence-corrected chi connectivity index (χ4v) is 5.63. The molecule has 1 aliphatic heterocycles. The van der Waals surface area contributed by atoms with Crippen molar-refractivity contribution >= 4 is 27.7 Å². The molecule has 1 atom stereocenters. The molecule has 0 aliphatic carbocycles. The quantitative estimate of drug-likeness (QED) is 0.472. The lowest BCUT2D eigenvalue weighted by atomic mass is 9.99. The summed E-state index contributed by atoms with van der Waals surface area (Å²) in [4.78, 5) is 16.7. The molecule has 3 rings (SSSR count). The topological polar surface area (TPSA) is 117 Å². The summed E-state index contributed by atoms with van der Waals surface area (Å²) < 4.78 is 33.0. The number of aromatic nitrogens is 3. The summed E-state index contributed by atoms with van der Waals surface area (Å²) in [5.74, 6) is 0.464. The van der Waals surface area contributed by atoms with Crippen LogP contribution in [-0.4, -0.2) is 66.3 Å². The molecule has 1 amide bonds. The van der Waals surface area contributed by atoms with Gasteiger partial charge >= 0.3 is 0 Å². The molecule has 1 fully saturated rings. The first kappa shape index (κ1) is 21.6. The maximum Gasteiger partial charge on any atom is 0.246 e. The minimum Gasteiger partial charge on any atom is -0.495 e. The van der Waals surface area contributed by atoms with Gasteiger partial charge in [0.15, 0.2) is 5.16 Å². The number of H-pyrrole nitrogens is 1. The van der Waals surface area contributed by atoms with Gasteiger partial charge < -0.3 is 10.1 Å². The second-order valence-electron chi connectivity index (χ2n) is 6.79. The third kappa shape index (κ3) is 5.28. The van der Waals surface area contributed by atoms with Crippen molar-refractivity contribution in [2.45, 2.75) is 29.8 Å². The minimum absolute atomic E-state index is 0.126. The number of hydrogen-bond acceptors (Lipinski definition) is 7. The van der Waals surface area contributed by atoms with Gasteiger partial charge in [0.1, 0.15) is 17.0 Å². The number of piperidine rings is 1. The molecular weight excluding hydrogens is 414 g/mol. The van der Waals surface area contributed by atoms with Crippen LogP contribution in [0, 0.1) is 12.8 Å². The minimum atomic E-state index is -3.74. The van der Waals surface area contributed by atoms with Crippen molar-refractivity contribution in [2.24, 2.45) is 5.92 Å². The lowest BCUT2D eigenvalue weighted by Gasteiger charge is -2.31. The number of rotatable bonds is 8. The maximum atomic E-state index is 13.2. The highest BCUT2D eigenvalue weighted by Crippen LogP contribution is 2.30. The molecule has 2 aromatic rings. The molecule has 29 heavy (non-hydrogen) atoms. The van der Waals surface area contributed by atoms with E-state index in [4.69, 9.17) is 4.74 Å². The molecule has 11 heteroatoms. The average Bonchev–Trinajstić information content (AvgIpc) is 3.24. The van der Waals surface area contributed by atoms with E-state index in [-0.39, 0.29) is 23.3 Å². The number of aryl methyl sites for hydroxylation is 1. The average molecular weight is 440 g/mol. The Morgan fingerprint density at radius 3 is 3.00 bits per heavy atom. The van der Waals surface area contributed by atoms with E-state index < -0.39 is 10.0 Å². The predicted octanol–water partition coefficient (Wildman–Crippen LogP) is 1.43. The summed E-state index contributed by atoms with van der Waals surface area (Å²) >= 11 is 1.46. The molecule has 0 bridgehead atoms. The number of methoxy groups -OCH3 is 1. The van der Waals surface area contributed by atoms with Crippen LogP contribution in [0.3, 0.4) is 0 Å². The van der Waals surface area contributed by atoms with E-state index in [1.165, 1.54) is 29.5 Å². The molecule has 0 saturated carbocycles. The molecule has 0 spiro atoms. The van der Waals surface area contributed by atoms with E-state index in [9.17, 15) is 13.2 Å². The number of nitrogens with zero attached hydrogens (tertiary/aromatic N) is 3. The van der Waals surface area contributed by atoms with Gasteiger partial charge in [-0.1, -0.05) is 17.8 Å². The zero-order chi connectivity index (χ0) is 20.9. The number of amides is 1. The van der Waals surface area contributed by atoms with Crippen LogP contribution in [0.25, 0.3) is 0 Å². The number of ether oxygens (including phenoxy) is 1. The van der Waals surface area contributed by atoms with Crippen molar-refractivity contribution in [1.29, 1.82) is 0 Å². The highest BCUT2D eigenvalue weighted by atomic mass is 32.2. The lowest BCUT2D eigenvalue weighted by Crippen LogP contribution is -2.45. The van der Waals surface area contributed by atoms with Gasteiger partial charge in [-0.25, -0.2) is 13.4 Å². The smallest absolute Gasteiger partial charge is 0.246 e. The molecule has 2 heterocycles. The molecule has 1 aliphatic rings. The first-order valence-electron chi connectivity index (χ1n) is 9.32. The predicted molar refractivity (Wildman–Crippen MR) is 109 cm³/mol. The summed E-state index contributed by atoms with van der Waals surface area (Å²) in [6.07, 6.45) is 2.73.